The highest BCUT2D eigenvalue weighted by atomic mass is 16.7. The molecule has 0 fully saturated rings. The highest BCUT2D eigenvalue weighted by molar-refractivity contribution is 5.47. The van der Waals surface area contributed by atoms with Crippen LogP contribution in [0.2, 0.25) is 0 Å². The molecule has 0 N–H and O–H groups in total. The summed E-state index contributed by atoms with van der Waals surface area (Å²) in [4.78, 5) is 6.11. The van der Waals surface area contributed by atoms with E-state index in [0.29, 0.717) is 6.61 Å². The molecule has 1 aliphatic rings. The summed E-state index contributed by atoms with van der Waals surface area (Å²) < 4.78 is 0. The standard InChI is InChI=1S/C19H21NO/c1-15-13-19(17-9-5-3-6-10-17)20(21-14-16(15)2)18-11-7-4-8-12-18/h3-12,19H,13-14H2,1-2H3/t19-/m0/s1. The first-order chi connectivity index (χ1) is 10.3. The van der Waals surface area contributed by atoms with Gasteiger partial charge in [0.05, 0.1) is 18.3 Å². The van der Waals surface area contributed by atoms with Crippen LogP contribution in [0.5, 0.6) is 0 Å². The Bertz CT molecular complexity index is 619. The zero-order chi connectivity index (χ0) is 14.7. The Morgan fingerprint density at radius 2 is 1.48 bits per heavy atom. The lowest BCUT2D eigenvalue weighted by Crippen LogP contribution is -2.28. The van der Waals surface area contributed by atoms with Gasteiger partial charge in [-0.2, -0.15) is 0 Å². The molecule has 1 heterocycles. The summed E-state index contributed by atoms with van der Waals surface area (Å²) in [5.41, 5.74) is 5.14. The van der Waals surface area contributed by atoms with Gasteiger partial charge in [-0.3, -0.25) is 4.84 Å². The van der Waals surface area contributed by atoms with Gasteiger partial charge in [-0.05, 0) is 43.5 Å². The van der Waals surface area contributed by atoms with E-state index < -0.39 is 0 Å². The van der Waals surface area contributed by atoms with E-state index in [1.54, 1.807) is 0 Å². The minimum Gasteiger partial charge on any atom is -0.268 e. The monoisotopic (exact) mass is 279 g/mol. The van der Waals surface area contributed by atoms with Crippen LogP contribution in [-0.2, 0) is 4.84 Å². The van der Waals surface area contributed by atoms with Gasteiger partial charge in [0.2, 0.25) is 0 Å². The molecule has 2 heteroatoms. The minimum atomic E-state index is 0.214. The van der Waals surface area contributed by atoms with Gasteiger partial charge in [-0.1, -0.05) is 54.1 Å². The molecule has 0 unspecified atom stereocenters. The van der Waals surface area contributed by atoms with Crippen LogP contribution in [0.15, 0.2) is 71.8 Å². The van der Waals surface area contributed by atoms with Gasteiger partial charge in [0.1, 0.15) is 0 Å². The number of benzene rings is 2. The van der Waals surface area contributed by atoms with Crippen molar-refractivity contribution in [1.29, 1.82) is 0 Å². The summed E-state index contributed by atoms with van der Waals surface area (Å²) in [6.07, 6.45) is 0.991. The third-order valence-corrected chi connectivity index (χ3v) is 4.13. The molecular formula is C19H21NO. The van der Waals surface area contributed by atoms with Crippen molar-refractivity contribution in [2.24, 2.45) is 0 Å². The van der Waals surface area contributed by atoms with E-state index >= 15 is 0 Å². The Labute approximate surface area is 126 Å². The Kier molecular flexibility index (Phi) is 4.07. The lowest BCUT2D eigenvalue weighted by atomic mass is 9.97. The smallest absolute Gasteiger partial charge is 0.0959 e. The molecule has 0 spiro atoms. The Balaban J connectivity index is 2.00. The molecule has 1 aliphatic heterocycles. The highest BCUT2D eigenvalue weighted by Gasteiger charge is 2.25. The lowest BCUT2D eigenvalue weighted by molar-refractivity contribution is 0.110. The zero-order valence-corrected chi connectivity index (χ0v) is 12.6. The molecule has 0 saturated heterocycles. The van der Waals surface area contributed by atoms with Crippen LogP contribution >= 0.6 is 0 Å². The number of para-hydroxylation sites is 1. The van der Waals surface area contributed by atoms with Crippen LogP contribution in [0, 0.1) is 0 Å². The third kappa shape index (κ3) is 3.01. The summed E-state index contributed by atoms with van der Waals surface area (Å²) in [5.74, 6) is 0. The summed E-state index contributed by atoms with van der Waals surface area (Å²) in [6, 6.07) is 21.2. The second-order valence-electron chi connectivity index (χ2n) is 5.63. The second-order valence-corrected chi connectivity index (χ2v) is 5.63. The first-order valence-corrected chi connectivity index (χ1v) is 7.43. The molecule has 0 aromatic heterocycles. The average Bonchev–Trinajstić information content (AvgIpc) is 2.69. The molecule has 0 bridgehead atoms. The van der Waals surface area contributed by atoms with Crippen molar-refractivity contribution >= 4 is 5.69 Å². The number of nitrogens with zero attached hydrogens (tertiary/aromatic N) is 1. The Hall–Kier alpha value is -2.06. The Morgan fingerprint density at radius 1 is 0.857 bits per heavy atom. The van der Waals surface area contributed by atoms with E-state index in [-0.39, 0.29) is 6.04 Å². The van der Waals surface area contributed by atoms with Gasteiger partial charge in [-0.15, -0.1) is 0 Å². The van der Waals surface area contributed by atoms with Crippen molar-refractivity contribution < 1.29 is 4.84 Å². The second kappa shape index (κ2) is 6.15. The molecule has 2 aromatic rings. The molecule has 2 nitrogen and oxygen atoms in total. The molecule has 1 atom stereocenters. The molecule has 2 aromatic carbocycles. The van der Waals surface area contributed by atoms with Crippen molar-refractivity contribution in [3.05, 3.63) is 77.4 Å². The fourth-order valence-electron chi connectivity index (χ4n) is 2.68. The molecule has 0 aliphatic carbocycles. The number of anilines is 1. The molecule has 0 amide bonds. The van der Waals surface area contributed by atoms with Crippen LogP contribution in [0.3, 0.4) is 0 Å². The van der Waals surface area contributed by atoms with Crippen LogP contribution < -0.4 is 5.06 Å². The summed E-state index contributed by atoms with van der Waals surface area (Å²) in [5, 5.41) is 2.06. The number of hydroxylamine groups is 1. The predicted molar refractivity (Wildman–Crippen MR) is 87.0 cm³/mol. The normalized spacial score (nSPS) is 19.5. The third-order valence-electron chi connectivity index (χ3n) is 4.13. The maximum Gasteiger partial charge on any atom is 0.0959 e. The van der Waals surface area contributed by atoms with E-state index in [1.807, 2.05) is 6.07 Å². The maximum atomic E-state index is 6.11. The summed E-state index contributed by atoms with van der Waals surface area (Å²) in [7, 11) is 0. The zero-order valence-electron chi connectivity index (χ0n) is 12.6. The van der Waals surface area contributed by atoms with Crippen LogP contribution in [0.1, 0.15) is 31.9 Å². The molecule has 0 saturated carbocycles. The van der Waals surface area contributed by atoms with Gasteiger partial charge in [0.15, 0.2) is 0 Å². The summed E-state index contributed by atoms with van der Waals surface area (Å²) in [6.45, 7) is 5.03. The van der Waals surface area contributed by atoms with E-state index in [1.165, 1.54) is 16.7 Å². The molecule has 3 rings (SSSR count). The van der Waals surface area contributed by atoms with E-state index in [0.717, 1.165) is 12.1 Å². The number of hydrogen-bond donors (Lipinski definition) is 0. The number of hydrogen-bond acceptors (Lipinski definition) is 2. The van der Waals surface area contributed by atoms with Gasteiger partial charge in [-0.25, -0.2) is 5.06 Å². The van der Waals surface area contributed by atoms with Gasteiger partial charge in [0.25, 0.3) is 0 Å². The molecule has 0 radical (unpaired) electrons. The van der Waals surface area contributed by atoms with E-state index in [9.17, 15) is 0 Å². The molecule has 21 heavy (non-hydrogen) atoms. The average molecular weight is 279 g/mol. The van der Waals surface area contributed by atoms with Crippen molar-refractivity contribution in [2.75, 3.05) is 11.7 Å². The van der Waals surface area contributed by atoms with Gasteiger partial charge < -0.3 is 0 Å². The fraction of sp³-hybridized carbons (Fsp3) is 0.263. The molecule has 108 valence electrons. The van der Waals surface area contributed by atoms with Crippen LogP contribution in [0.4, 0.5) is 5.69 Å². The largest absolute Gasteiger partial charge is 0.268 e. The van der Waals surface area contributed by atoms with Crippen LogP contribution in [-0.4, -0.2) is 6.61 Å². The summed E-state index contributed by atoms with van der Waals surface area (Å²) >= 11 is 0. The van der Waals surface area contributed by atoms with Crippen molar-refractivity contribution in [2.45, 2.75) is 26.3 Å². The van der Waals surface area contributed by atoms with E-state index in [2.05, 4.69) is 73.5 Å². The highest BCUT2D eigenvalue weighted by Crippen LogP contribution is 2.35. The maximum absolute atomic E-state index is 6.11. The van der Waals surface area contributed by atoms with E-state index in [4.69, 9.17) is 4.84 Å². The van der Waals surface area contributed by atoms with Gasteiger partial charge >= 0.3 is 0 Å². The number of rotatable bonds is 2. The SMILES string of the molecule is CC1=C(C)C[C@@H](c2ccccc2)N(c2ccccc2)OC1. The molecular weight excluding hydrogens is 258 g/mol. The van der Waals surface area contributed by atoms with Crippen molar-refractivity contribution in [1.82, 2.24) is 0 Å². The van der Waals surface area contributed by atoms with Crippen LogP contribution in [0.25, 0.3) is 0 Å². The fourth-order valence-corrected chi connectivity index (χ4v) is 2.68. The quantitative estimate of drug-likeness (QED) is 0.724. The first kappa shape index (κ1) is 13.9. The van der Waals surface area contributed by atoms with Crippen molar-refractivity contribution in [3.8, 4) is 0 Å². The van der Waals surface area contributed by atoms with Gasteiger partial charge in [0, 0.05) is 0 Å². The predicted octanol–water partition coefficient (Wildman–Crippen LogP) is 4.91. The minimum absolute atomic E-state index is 0.214. The lowest BCUT2D eigenvalue weighted by Gasteiger charge is -2.31. The topological polar surface area (TPSA) is 12.5 Å². The Morgan fingerprint density at radius 3 is 2.14 bits per heavy atom. The first-order valence-electron chi connectivity index (χ1n) is 7.43. The van der Waals surface area contributed by atoms with Crippen molar-refractivity contribution in [3.63, 3.8) is 0 Å².